The van der Waals surface area contributed by atoms with Crippen LogP contribution in [0.3, 0.4) is 0 Å². The third-order valence-electron chi connectivity index (χ3n) is 4.92. The Morgan fingerprint density at radius 1 is 0.906 bits per heavy atom. The zero-order valence-corrected chi connectivity index (χ0v) is 18.7. The van der Waals surface area contributed by atoms with Gasteiger partial charge in [0.1, 0.15) is 5.75 Å². The number of carbonyl (C=O) groups excluding carboxylic acids is 1. The molecule has 0 aromatic heterocycles. The third kappa shape index (κ3) is 5.46. The van der Waals surface area contributed by atoms with E-state index in [1.807, 2.05) is 43.3 Å². The van der Waals surface area contributed by atoms with E-state index in [1.54, 1.807) is 30.3 Å². The van der Waals surface area contributed by atoms with Crippen molar-refractivity contribution < 1.29 is 19.4 Å². The predicted molar refractivity (Wildman–Crippen MR) is 127 cm³/mol. The van der Waals surface area contributed by atoms with Crippen molar-refractivity contribution in [1.82, 2.24) is 5.32 Å². The molecule has 0 atom stereocenters. The first-order valence-corrected chi connectivity index (χ1v) is 10.5. The fourth-order valence-electron chi connectivity index (χ4n) is 3.35. The third-order valence-corrected chi connectivity index (χ3v) is 4.92. The van der Waals surface area contributed by atoms with Crippen molar-refractivity contribution in [3.8, 4) is 22.6 Å². The number of aromatic carboxylic acids is 1. The Balaban J connectivity index is 2.04. The fourth-order valence-corrected chi connectivity index (χ4v) is 3.35. The molecule has 0 bridgehead atoms. The van der Waals surface area contributed by atoms with Crippen molar-refractivity contribution in [3.05, 3.63) is 77.9 Å². The highest BCUT2D eigenvalue weighted by molar-refractivity contribution is 5.93. The maximum Gasteiger partial charge on any atom is 0.335 e. The number of carboxylic acid groups (broad SMARTS) is 1. The second-order valence-electron chi connectivity index (χ2n) is 8.43. The first kappa shape index (κ1) is 22.9. The molecule has 0 saturated carbocycles. The molecule has 0 unspecified atom stereocenters. The van der Waals surface area contributed by atoms with E-state index in [0.717, 1.165) is 16.7 Å². The van der Waals surface area contributed by atoms with Gasteiger partial charge in [0.25, 0.3) is 0 Å². The minimum absolute atomic E-state index is 0.124. The Morgan fingerprint density at radius 3 is 2.31 bits per heavy atom. The van der Waals surface area contributed by atoms with E-state index in [9.17, 15) is 14.7 Å². The van der Waals surface area contributed by atoms with E-state index in [-0.39, 0.29) is 17.0 Å². The molecule has 3 rings (SSSR count). The number of ether oxygens (including phenoxy) is 1. The summed E-state index contributed by atoms with van der Waals surface area (Å²) in [6, 6.07) is 19.5. The predicted octanol–water partition coefficient (Wildman–Crippen LogP) is 6.28. The van der Waals surface area contributed by atoms with Gasteiger partial charge in [-0.3, -0.25) is 0 Å². The monoisotopic (exact) mass is 432 g/mol. The number of carboxylic acids is 1. The Labute approximate surface area is 188 Å². The maximum absolute atomic E-state index is 12.3. The minimum atomic E-state index is -0.994. The molecular weight excluding hydrogens is 404 g/mol. The molecular formula is C26H28N2O4. The molecule has 0 aliphatic carbocycles. The van der Waals surface area contributed by atoms with Gasteiger partial charge >= 0.3 is 12.0 Å². The number of hydrogen-bond donors (Lipinski definition) is 3. The average Bonchev–Trinajstić information content (AvgIpc) is 2.75. The van der Waals surface area contributed by atoms with E-state index in [2.05, 4.69) is 31.4 Å². The molecule has 3 aromatic rings. The van der Waals surface area contributed by atoms with Gasteiger partial charge in [-0.25, -0.2) is 9.59 Å². The van der Waals surface area contributed by atoms with Crippen LogP contribution in [0.2, 0.25) is 0 Å². The van der Waals surface area contributed by atoms with E-state index < -0.39 is 5.97 Å². The molecule has 0 aliphatic heterocycles. The lowest BCUT2D eigenvalue weighted by Gasteiger charge is -2.23. The number of para-hydroxylation sites is 1. The van der Waals surface area contributed by atoms with Gasteiger partial charge in [0.15, 0.2) is 5.75 Å². The van der Waals surface area contributed by atoms with Crippen molar-refractivity contribution in [2.45, 2.75) is 33.1 Å². The number of rotatable bonds is 6. The molecule has 0 aliphatic rings. The number of urea groups is 1. The highest BCUT2D eigenvalue weighted by Crippen LogP contribution is 2.38. The summed E-state index contributed by atoms with van der Waals surface area (Å²) in [4.78, 5) is 23.6. The van der Waals surface area contributed by atoms with Gasteiger partial charge in [-0.05, 0) is 53.8 Å². The van der Waals surface area contributed by atoms with Gasteiger partial charge in [0.2, 0.25) is 0 Å². The summed E-state index contributed by atoms with van der Waals surface area (Å²) in [6.45, 7) is 8.66. The molecule has 32 heavy (non-hydrogen) atoms. The van der Waals surface area contributed by atoms with Crippen LogP contribution in [-0.4, -0.2) is 23.7 Å². The van der Waals surface area contributed by atoms with Crippen LogP contribution < -0.4 is 15.4 Å². The molecule has 6 heteroatoms. The Kier molecular flexibility index (Phi) is 6.83. The SMILES string of the molecule is CCNC(=O)Nc1cc(-c2cccc(C(=O)O)c2)ccc1Oc1ccccc1C(C)(C)C. The molecule has 3 N–H and O–H groups in total. The summed E-state index contributed by atoms with van der Waals surface area (Å²) in [5.74, 6) is 0.205. The fraction of sp³-hybridized carbons (Fsp3) is 0.231. The zero-order valence-electron chi connectivity index (χ0n) is 18.7. The smallest absolute Gasteiger partial charge is 0.335 e. The lowest BCUT2D eigenvalue weighted by Crippen LogP contribution is -2.28. The van der Waals surface area contributed by atoms with E-state index in [1.165, 1.54) is 0 Å². The van der Waals surface area contributed by atoms with Crippen molar-refractivity contribution in [3.63, 3.8) is 0 Å². The number of hydrogen-bond acceptors (Lipinski definition) is 3. The maximum atomic E-state index is 12.3. The van der Waals surface area contributed by atoms with Crippen molar-refractivity contribution in [2.24, 2.45) is 0 Å². The molecule has 0 heterocycles. The van der Waals surface area contributed by atoms with Crippen LogP contribution in [0.4, 0.5) is 10.5 Å². The molecule has 2 amide bonds. The Hall–Kier alpha value is -3.80. The van der Waals surface area contributed by atoms with Crippen molar-refractivity contribution >= 4 is 17.7 Å². The molecule has 6 nitrogen and oxygen atoms in total. The highest BCUT2D eigenvalue weighted by atomic mass is 16.5. The number of benzene rings is 3. The number of amides is 2. The quantitative estimate of drug-likeness (QED) is 0.427. The summed E-state index contributed by atoms with van der Waals surface area (Å²) in [5, 5.41) is 14.9. The van der Waals surface area contributed by atoms with Crippen LogP contribution >= 0.6 is 0 Å². The average molecular weight is 433 g/mol. The minimum Gasteiger partial charge on any atom is -0.478 e. The van der Waals surface area contributed by atoms with Crippen LogP contribution in [0.5, 0.6) is 11.5 Å². The molecule has 0 radical (unpaired) electrons. The van der Waals surface area contributed by atoms with Gasteiger partial charge in [0.05, 0.1) is 11.3 Å². The zero-order chi connectivity index (χ0) is 23.3. The van der Waals surface area contributed by atoms with Crippen LogP contribution in [0, 0.1) is 0 Å². The summed E-state index contributed by atoms with van der Waals surface area (Å²) in [7, 11) is 0. The van der Waals surface area contributed by atoms with Crippen LogP contribution in [-0.2, 0) is 5.41 Å². The van der Waals surface area contributed by atoms with Gasteiger partial charge < -0.3 is 20.5 Å². The largest absolute Gasteiger partial charge is 0.478 e. The van der Waals surface area contributed by atoms with Crippen molar-refractivity contribution in [2.75, 3.05) is 11.9 Å². The first-order chi connectivity index (χ1) is 15.2. The number of nitrogens with one attached hydrogen (secondary N) is 2. The lowest BCUT2D eigenvalue weighted by molar-refractivity contribution is 0.0697. The topological polar surface area (TPSA) is 87.7 Å². The molecule has 0 saturated heterocycles. The second kappa shape index (κ2) is 9.56. The molecule has 0 spiro atoms. The number of anilines is 1. The van der Waals surface area contributed by atoms with E-state index in [0.29, 0.717) is 23.7 Å². The standard InChI is InChI=1S/C26H28N2O4/c1-5-27-25(31)28-21-16-18(17-9-8-10-19(15-17)24(29)30)13-14-23(21)32-22-12-7-6-11-20(22)26(2,3)4/h6-16H,5H2,1-4H3,(H,29,30)(H2,27,28,31). The number of carbonyl (C=O) groups is 2. The molecule has 3 aromatic carbocycles. The summed E-state index contributed by atoms with van der Waals surface area (Å²) in [6.07, 6.45) is 0. The van der Waals surface area contributed by atoms with Gasteiger partial charge in [0, 0.05) is 12.1 Å². The Bertz CT molecular complexity index is 1130. The summed E-state index contributed by atoms with van der Waals surface area (Å²) >= 11 is 0. The highest BCUT2D eigenvalue weighted by Gasteiger charge is 2.20. The normalized spacial score (nSPS) is 11.0. The summed E-state index contributed by atoms with van der Waals surface area (Å²) in [5.41, 5.74) is 3.09. The van der Waals surface area contributed by atoms with E-state index >= 15 is 0 Å². The van der Waals surface area contributed by atoms with Gasteiger partial charge in [-0.1, -0.05) is 57.2 Å². The second-order valence-corrected chi connectivity index (χ2v) is 8.43. The van der Waals surface area contributed by atoms with Crippen molar-refractivity contribution in [1.29, 1.82) is 0 Å². The van der Waals surface area contributed by atoms with Gasteiger partial charge in [-0.15, -0.1) is 0 Å². The molecule has 0 fully saturated rings. The Morgan fingerprint density at radius 2 is 1.62 bits per heavy atom. The van der Waals surface area contributed by atoms with Crippen LogP contribution in [0.1, 0.15) is 43.6 Å². The van der Waals surface area contributed by atoms with Crippen LogP contribution in [0.15, 0.2) is 66.7 Å². The molecule has 166 valence electrons. The van der Waals surface area contributed by atoms with Gasteiger partial charge in [-0.2, -0.15) is 0 Å². The first-order valence-electron chi connectivity index (χ1n) is 10.5. The van der Waals surface area contributed by atoms with Crippen LogP contribution in [0.25, 0.3) is 11.1 Å². The van der Waals surface area contributed by atoms with E-state index in [4.69, 9.17) is 4.74 Å². The summed E-state index contributed by atoms with van der Waals surface area (Å²) < 4.78 is 6.26. The lowest BCUT2D eigenvalue weighted by atomic mass is 9.86.